The number of ketones is 1. The minimum atomic E-state index is -0.355. The van der Waals surface area contributed by atoms with Crippen molar-refractivity contribution in [2.24, 2.45) is 0 Å². The lowest BCUT2D eigenvalue weighted by Crippen LogP contribution is -2.39. The van der Waals surface area contributed by atoms with E-state index in [1.54, 1.807) is 0 Å². The molecule has 1 aromatic rings. The third kappa shape index (κ3) is 6.85. The van der Waals surface area contributed by atoms with E-state index < -0.39 is 0 Å². The summed E-state index contributed by atoms with van der Waals surface area (Å²) in [7, 11) is 0. The zero-order valence-corrected chi connectivity index (χ0v) is 16.4. The van der Waals surface area contributed by atoms with Crippen molar-refractivity contribution in [1.82, 2.24) is 10.6 Å². The summed E-state index contributed by atoms with van der Waals surface area (Å²) in [6, 6.07) is 7.62. The summed E-state index contributed by atoms with van der Waals surface area (Å²) in [5.41, 5.74) is 3.21. The van der Waals surface area contributed by atoms with E-state index in [1.807, 2.05) is 24.3 Å². The van der Waals surface area contributed by atoms with Crippen LogP contribution in [-0.2, 0) is 20.9 Å². The van der Waals surface area contributed by atoms with Crippen LogP contribution in [0.25, 0.3) is 5.70 Å². The van der Waals surface area contributed by atoms with Gasteiger partial charge < -0.3 is 20.1 Å². The highest BCUT2D eigenvalue weighted by Gasteiger charge is 2.22. The SMILES string of the molecule is C=C(NCCC)C(=O)C1CCCCOCCOCc2ccccc2C(=C)N1. The zero-order chi connectivity index (χ0) is 19.5. The van der Waals surface area contributed by atoms with Crippen molar-refractivity contribution in [3.05, 3.63) is 54.2 Å². The largest absolute Gasteiger partial charge is 0.383 e. The van der Waals surface area contributed by atoms with E-state index in [4.69, 9.17) is 9.47 Å². The second-order valence-corrected chi connectivity index (χ2v) is 6.76. The highest BCUT2D eigenvalue weighted by Crippen LogP contribution is 2.19. The Morgan fingerprint density at radius 1 is 1.22 bits per heavy atom. The fraction of sp³-hybridized carbons (Fsp3) is 0.500. The molecule has 1 unspecified atom stereocenters. The Labute approximate surface area is 162 Å². The second-order valence-electron chi connectivity index (χ2n) is 6.76. The van der Waals surface area contributed by atoms with Crippen LogP contribution in [0.2, 0.25) is 0 Å². The van der Waals surface area contributed by atoms with Crippen LogP contribution in [0.3, 0.4) is 0 Å². The summed E-state index contributed by atoms with van der Waals surface area (Å²) >= 11 is 0. The Morgan fingerprint density at radius 3 is 2.81 bits per heavy atom. The number of nitrogens with one attached hydrogen (secondary N) is 2. The van der Waals surface area contributed by atoms with Crippen LogP contribution in [-0.4, -0.2) is 38.2 Å². The number of rotatable bonds is 5. The maximum atomic E-state index is 12.9. The van der Waals surface area contributed by atoms with Crippen molar-refractivity contribution >= 4 is 11.5 Å². The molecular formula is C22H32N2O3. The van der Waals surface area contributed by atoms with Gasteiger partial charge in [-0.25, -0.2) is 0 Å². The minimum Gasteiger partial charge on any atom is -0.383 e. The molecule has 0 fully saturated rings. The quantitative estimate of drug-likeness (QED) is 0.776. The third-order valence-electron chi connectivity index (χ3n) is 4.55. The van der Waals surface area contributed by atoms with Gasteiger partial charge in [-0.05, 0) is 31.2 Å². The summed E-state index contributed by atoms with van der Waals surface area (Å²) in [4.78, 5) is 12.9. The molecule has 1 aliphatic heterocycles. The molecule has 0 radical (unpaired) electrons. The first-order chi connectivity index (χ1) is 13.1. The van der Waals surface area contributed by atoms with Gasteiger partial charge in [0.05, 0.1) is 31.6 Å². The van der Waals surface area contributed by atoms with Crippen molar-refractivity contribution in [2.45, 2.75) is 45.3 Å². The second kappa shape index (κ2) is 11.6. The maximum Gasteiger partial charge on any atom is 0.200 e. The molecule has 1 atom stereocenters. The summed E-state index contributed by atoms with van der Waals surface area (Å²) in [5.74, 6) is -0.00802. The van der Waals surface area contributed by atoms with Crippen LogP contribution >= 0.6 is 0 Å². The third-order valence-corrected chi connectivity index (χ3v) is 4.55. The highest BCUT2D eigenvalue weighted by atomic mass is 16.5. The number of Topliss-reactive ketones (excluding diaryl/α,β-unsaturated/α-hetero) is 1. The molecule has 0 saturated heterocycles. The average molecular weight is 373 g/mol. The summed E-state index contributed by atoms with van der Waals surface area (Å²) in [5, 5.41) is 6.45. The minimum absolute atomic E-state index is 0.00802. The number of benzene rings is 1. The van der Waals surface area contributed by atoms with E-state index in [0.29, 0.717) is 38.5 Å². The van der Waals surface area contributed by atoms with E-state index in [0.717, 1.165) is 42.6 Å². The fourth-order valence-corrected chi connectivity index (χ4v) is 3.03. The van der Waals surface area contributed by atoms with Gasteiger partial charge in [-0.2, -0.15) is 0 Å². The van der Waals surface area contributed by atoms with E-state index in [9.17, 15) is 4.79 Å². The Morgan fingerprint density at radius 2 is 2.00 bits per heavy atom. The van der Waals surface area contributed by atoms with Crippen LogP contribution in [0.15, 0.2) is 43.1 Å². The lowest BCUT2D eigenvalue weighted by atomic mass is 10.0. The topological polar surface area (TPSA) is 59.6 Å². The standard InChI is InChI=1S/C22H32N2O3/c1-4-12-23-18(3)22(25)21-11-7-8-13-26-14-15-27-16-19-9-5-6-10-20(19)17(2)24-21/h5-6,9-10,21,23-24H,2-4,7-8,11-16H2,1H3. The molecular weight excluding hydrogens is 340 g/mol. The molecule has 1 aliphatic rings. The van der Waals surface area contributed by atoms with Gasteiger partial charge in [0, 0.05) is 24.4 Å². The normalized spacial score (nSPS) is 19.3. The van der Waals surface area contributed by atoms with Crippen molar-refractivity contribution in [3.8, 4) is 0 Å². The lowest BCUT2D eigenvalue weighted by molar-refractivity contribution is -0.117. The molecule has 5 nitrogen and oxygen atoms in total. The van der Waals surface area contributed by atoms with Gasteiger partial charge in [0.15, 0.2) is 5.78 Å². The smallest absolute Gasteiger partial charge is 0.200 e. The number of carbonyl (C=O) groups is 1. The molecule has 0 aromatic heterocycles. The van der Waals surface area contributed by atoms with E-state index in [-0.39, 0.29) is 11.8 Å². The predicted octanol–water partition coefficient (Wildman–Crippen LogP) is 3.42. The predicted molar refractivity (Wildman–Crippen MR) is 109 cm³/mol. The van der Waals surface area contributed by atoms with E-state index in [2.05, 4.69) is 30.7 Å². The fourth-order valence-electron chi connectivity index (χ4n) is 3.03. The molecule has 27 heavy (non-hydrogen) atoms. The van der Waals surface area contributed by atoms with Crippen molar-refractivity contribution in [2.75, 3.05) is 26.4 Å². The lowest BCUT2D eigenvalue weighted by Gasteiger charge is -2.23. The number of hydrogen-bond acceptors (Lipinski definition) is 5. The Bertz CT molecular complexity index is 642. The summed E-state index contributed by atoms with van der Waals surface area (Å²) < 4.78 is 11.3. The molecule has 0 amide bonds. The molecule has 2 N–H and O–H groups in total. The molecule has 0 bridgehead atoms. The highest BCUT2D eigenvalue weighted by molar-refractivity contribution is 5.99. The molecule has 2 rings (SSSR count). The van der Waals surface area contributed by atoms with Crippen LogP contribution in [0.5, 0.6) is 0 Å². The van der Waals surface area contributed by atoms with E-state index >= 15 is 0 Å². The van der Waals surface area contributed by atoms with Gasteiger partial charge in [-0.1, -0.05) is 44.3 Å². The molecule has 0 spiro atoms. The van der Waals surface area contributed by atoms with Crippen LogP contribution in [0, 0.1) is 0 Å². The molecule has 5 heteroatoms. The molecule has 1 heterocycles. The molecule has 148 valence electrons. The summed E-state index contributed by atoms with van der Waals surface area (Å²) in [6.07, 6.45) is 3.46. The van der Waals surface area contributed by atoms with Crippen LogP contribution in [0.1, 0.15) is 43.7 Å². The van der Waals surface area contributed by atoms with E-state index in [1.165, 1.54) is 0 Å². The van der Waals surface area contributed by atoms with Gasteiger partial charge in [0.2, 0.25) is 0 Å². The summed E-state index contributed by atoms with van der Waals surface area (Å²) in [6.45, 7) is 13.2. The number of hydrogen-bond donors (Lipinski definition) is 2. The van der Waals surface area contributed by atoms with Crippen LogP contribution in [0.4, 0.5) is 0 Å². The van der Waals surface area contributed by atoms with Crippen LogP contribution < -0.4 is 10.6 Å². The monoisotopic (exact) mass is 372 g/mol. The van der Waals surface area contributed by atoms with Crippen molar-refractivity contribution in [3.63, 3.8) is 0 Å². The zero-order valence-electron chi connectivity index (χ0n) is 16.4. The molecule has 0 saturated carbocycles. The molecule has 1 aromatic carbocycles. The van der Waals surface area contributed by atoms with Gasteiger partial charge in [0.1, 0.15) is 0 Å². The van der Waals surface area contributed by atoms with Gasteiger partial charge in [-0.3, -0.25) is 4.79 Å². The van der Waals surface area contributed by atoms with Gasteiger partial charge >= 0.3 is 0 Å². The van der Waals surface area contributed by atoms with Gasteiger partial charge in [-0.15, -0.1) is 0 Å². The average Bonchev–Trinajstić information content (AvgIpc) is 2.68. The first-order valence-corrected chi connectivity index (χ1v) is 9.79. The first-order valence-electron chi connectivity index (χ1n) is 9.79. The Hall–Kier alpha value is -2.11. The van der Waals surface area contributed by atoms with Crippen molar-refractivity contribution < 1.29 is 14.3 Å². The number of ether oxygens (including phenoxy) is 2. The van der Waals surface area contributed by atoms with Crippen molar-refractivity contribution in [1.29, 1.82) is 0 Å². The first kappa shape index (κ1) is 21.2. The maximum absolute atomic E-state index is 12.9. The number of carbonyl (C=O) groups excluding carboxylic acids is 1. The number of fused-ring (bicyclic) bond motifs is 1. The Kier molecular flexibility index (Phi) is 9.08. The van der Waals surface area contributed by atoms with Gasteiger partial charge in [0.25, 0.3) is 0 Å². The molecule has 0 aliphatic carbocycles. The Balaban J connectivity index is 2.16.